The number of nitrogens with one attached hydrogen (secondary N) is 1. The molecule has 1 fully saturated rings. The van der Waals surface area contributed by atoms with E-state index in [0.717, 1.165) is 16.5 Å². The topological polar surface area (TPSA) is 50.2 Å². The molecule has 2 aromatic carbocycles. The van der Waals surface area contributed by atoms with Crippen molar-refractivity contribution in [2.75, 3.05) is 6.26 Å². The monoisotopic (exact) mass is 377 g/mol. The van der Waals surface area contributed by atoms with Crippen LogP contribution in [-0.2, 0) is 14.5 Å². The number of hydrogen-bond acceptors (Lipinski definition) is 3. The predicted molar refractivity (Wildman–Crippen MR) is 89.6 cm³/mol. The molecular weight excluding hydrogens is 362 g/mol. The van der Waals surface area contributed by atoms with Crippen LogP contribution in [0.2, 0.25) is 0 Å². The maximum atomic E-state index is 12.3. The standard InChI is InChI=1S/C17H16BrNO2S/c1-22(19,20)16-7-6-10(18)8-13(16)14-9-15-11-4-2-3-5-12(11)17(14)21-15/h2-8,14-15,17,19H,9H2,1H3/t14-,15-,17-,22?/m0/s1. The Morgan fingerprint density at radius 1 is 1.18 bits per heavy atom. The second-order valence-corrected chi connectivity index (χ2v) is 9.09. The van der Waals surface area contributed by atoms with Gasteiger partial charge in [0, 0.05) is 16.6 Å². The summed E-state index contributed by atoms with van der Waals surface area (Å²) in [5.74, 6) is 0.165. The quantitative estimate of drug-likeness (QED) is 0.817. The zero-order chi connectivity index (χ0) is 15.5. The fourth-order valence-electron chi connectivity index (χ4n) is 3.69. The normalized spacial score (nSPS) is 28.4. The highest BCUT2D eigenvalue weighted by Crippen LogP contribution is 2.58. The summed E-state index contributed by atoms with van der Waals surface area (Å²) < 4.78 is 27.4. The first-order chi connectivity index (χ1) is 10.4. The van der Waals surface area contributed by atoms with Gasteiger partial charge < -0.3 is 4.74 Å². The zero-order valence-corrected chi connectivity index (χ0v) is 14.5. The Hall–Kier alpha value is -1.17. The van der Waals surface area contributed by atoms with Crippen LogP contribution in [0, 0.1) is 4.78 Å². The molecule has 2 aromatic rings. The molecule has 2 heterocycles. The maximum absolute atomic E-state index is 12.3. The summed E-state index contributed by atoms with van der Waals surface area (Å²) in [5, 5.41) is 0. The number of halogens is 1. The Labute approximate surface area is 138 Å². The van der Waals surface area contributed by atoms with Crippen LogP contribution in [0.3, 0.4) is 0 Å². The van der Waals surface area contributed by atoms with Gasteiger partial charge in [-0.05, 0) is 41.3 Å². The lowest BCUT2D eigenvalue weighted by Gasteiger charge is -2.24. The number of ether oxygens (including phenoxy) is 1. The minimum absolute atomic E-state index is 0.0102. The lowest BCUT2D eigenvalue weighted by atomic mass is 9.80. The van der Waals surface area contributed by atoms with E-state index in [-0.39, 0.29) is 18.1 Å². The van der Waals surface area contributed by atoms with E-state index in [1.54, 1.807) is 0 Å². The van der Waals surface area contributed by atoms with Crippen molar-refractivity contribution in [2.45, 2.75) is 29.4 Å². The van der Waals surface area contributed by atoms with Gasteiger partial charge in [0.1, 0.15) is 0 Å². The minimum Gasteiger partial charge on any atom is -0.365 e. The third-order valence-electron chi connectivity index (χ3n) is 4.58. The van der Waals surface area contributed by atoms with Gasteiger partial charge in [-0.1, -0.05) is 40.2 Å². The van der Waals surface area contributed by atoms with Gasteiger partial charge >= 0.3 is 0 Å². The van der Waals surface area contributed by atoms with E-state index in [0.29, 0.717) is 4.90 Å². The molecule has 114 valence electrons. The van der Waals surface area contributed by atoms with Crippen molar-refractivity contribution in [1.29, 1.82) is 4.78 Å². The smallest absolute Gasteiger partial charge is 0.0906 e. The molecule has 2 aliphatic heterocycles. The molecule has 3 nitrogen and oxygen atoms in total. The molecule has 0 aromatic heterocycles. The van der Waals surface area contributed by atoms with Crippen molar-refractivity contribution >= 4 is 25.7 Å². The maximum Gasteiger partial charge on any atom is 0.0906 e. The SMILES string of the molecule is CS(=N)(=O)c1ccc(Br)cc1[C@@H]1C[C@@H]2O[C@H]1c1ccccc12. The summed E-state index contributed by atoms with van der Waals surface area (Å²) in [6.07, 6.45) is 2.51. The van der Waals surface area contributed by atoms with Crippen molar-refractivity contribution in [1.82, 2.24) is 0 Å². The molecule has 5 heteroatoms. The van der Waals surface area contributed by atoms with Crippen LogP contribution in [-0.4, -0.2) is 10.5 Å². The minimum atomic E-state index is -2.76. The van der Waals surface area contributed by atoms with Crippen molar-refractivity contribution < 1.29 is 8.95 Å². The summed E-state index contributed by atoms with van der Waals surface area (Å²) in [6.45, 7) is 0. The van der Waals surface area contributed by atoms with Crippen LogP contribution >= 0.6 is 15.9 Å². The second-order valence-electron chi connectivity index (χ2n) is 6.04. The highest BCUT2D eigenvalue weighted by molar-refractivity contribution is 9.10. The van der Waals surface area contributed by atoms with E-state index in [9.17, 15) is 4.21 Å². The van der Waals surface area contributed by atoms with Gasteiger partial charge in [-0.3, -0.25) is 0 Å². The molecule has 1 unspecified atom stereocenters. The zero-order valence-electron chi connectivity index (χ0n) is 12.1. The van der Waals surface area contributed by atoms with E-state index in [1.807, 2.05) is 30.3 Å². The molecule has 0 radical (unpaired) electrons. The molecule has 4 atom stereocenters. The summed E-state index contributed by atoms with van der Waals surface area (Å²) in [5.41, 5.74) is 3.50. The van der Waals surface area contributed by atoms with Crippen LogP contribution in [0.5, 0.6) is 0 Å². The highest BCUT2D eigenvalue weighted by atomic mass is 79.9. The Bertz CT molecular complexity index is 863. The fourth-order valence-corrected chi connectivity index (χ4v) is 5.06. The van der Waals surface area contributed by atoms with Crippen LogP contribution in [0.25, 0.3) is 0 Å². The number of fused-ring (bicyclic) bond motifs is 5. The average molecular weight is 378 g/mol. The number of hydrogen-bond donors (Lipinski definition) is 1. The van der Waals surface area contributed by atoms with Gasteiger partial charge in [-0.2, -0.15) is 0 Å². The molecule has 0 aliphatic carbocycles. The third-order valence-corrected chi connectivity index (χ3v) is 6.29. The van der Waals surface area contributed by atoms with Gasteiger partial charge in [0.2, 0.25) is 0 Å². The molecule has 1 saturated heterocycles. The van der Waals surface area contributed by atoms with Crippen LogP contribution in [0.1, 0.15) is 41.2 Å². The molecule has 4 rings (SSSR count). The summed E-state index contributed by atoms with van der Waals surface area (Å²) in [6, 6.07) is 14.0. The fraction of sp³-hybridized carbons (Fsp3) is 0.294. The first-order valence-electron chi connectivity index (χ1n) is 7.22. The van der Waals surface area contributed by atoms with Crippen LogP contribution in [0.4, 0.5) is 0 Å². The van der Waals surface area contributed by atoms with Crippen molar-refractivity contribution in [2.24, 2.45) is 0 Å². The lowest BCUT2D eigenvalue weighted by Crippen LogP contribution is -2.13. The van der Waals surface area contributed by atoms with Gasteiger partial charge in [0.25, 0.3) is 0 Å². The Kier molecular flexibility index (Phi) is 3.22. The van der Waals surface area contributed by atoms with Gasteiger partial charge in [-0.15, -0.1) is 0 Å². The molecule has 2 bridgehead atoms. The molecule has 0 saturated carbocycles. The van der Waals surface area contributed by atoms with E-state index in [2.05, 4.69) is 28.1 Å². The Morgan fingerprint density at radius 3 is 2.64 bits per heavy atom. The molecule has 2 aliphatic rings. The molecule has 22 heavy (non-hydrogen) atoms. The lowest BCUT2D eigenvalue weighted by molar-refractivity contribution is 0.0673. The largest absolute Gasteiger partial charge is 0.365 e. The molecule has 0 spiro atoms. The van der Waals surface area contributed by atoms with E-state index in [1.165, 1.54) is 17.4 Å². The summed E-state index contributed by atoms with van der Waals surface area (Å²) >= 11 is 3.50. The van der Waals surface area contributed by atoms with Crippen molar-refractivity contribution in [3.8, 4) is 0 Å². The van der Waals surface area contributed by atoms with Crippen molar-refractivity contribution in [3.05, 3.63) is 63.6 Å². The summed E-state index contributed by atoms with van der Waals surface area (Å²) in [7, 11) is -2.76. The predicted octanol–water partition coefficient (Wildman–Crippen LogP) is 4.78. The van der Waals surface area contributed by atoms with Gasteiger partial charge in [0.05, 0.1) is 26.8 Å². The average Bonchev–Trinajstić information content (AvgIpc) is 3.05. The molecular formula is C17H16BrNO2S. The Balaban J connectivity index is 1.84. The first-order valence-corrected chi connectivity index (χ1v) is 9.98. The van der Waals surface area contributed by atoms with Gasteiger partial charge in [0.15, 0.2) is 0 Å². The molecule has 0 amide bonds. The number of benzene rings is 2. The second kappa shape index (κ2) is 4.91. The highest BCUT2D eigenvalue weighted by Gasteiger charge is 2.46. The van der Waals surface area contributed by atoms with Crippen molar-refractivity contribution in [3.63, 3.8) is 0 Å². The Morgan fingerprint density at radius 2 is 1.91 bits per heavy atom. The molecule has 1 N–H and O–H groups in total. The van der Waals surface area contributed by atoms with E-state index >= 15 is 0 Å². The van der Waals surface area contributed by atoms with E-state index in [4.69, 9.17) is 9.52 Å². The van der Waals surface area contributed by atoms with Gasteiger partial charge in [-0.25, -0.2) is 8.99 Å². The van der Waals surface area contributed by atoms with Crippen LogP contribution in [0.15, 0.2) is 51.8 Å². The van der Waals surface area contributed by atoms with Crippen LogP contribution < -0.4 is 0 Å². The number of rotatable bonds is 2. The first kappa shape index (κ1) is 14.4. The van der Waals surface area contributed by atoms with E-state index < -0.39 is 9.73 Å². The third kappa shape index (κ3) is 2.14. The summed E-state index contributed by atoms with van der Waals surface area (Å²) in [4.78, 5) is 0.634.